The Morgan fingerprint density at radius 3 is 2.71 bits per heavy atom. The molecule has 0 bridgehead atoms. The minimum absolute atomic E-state index is 0.157. The summed E-state index contributed by atoms with van der Waals surface area (Å²) in [6.07, 6.45) is 4.11. The van der Waals surface area contributed by atoms with Crippen molar-refractivity contribution in [2.24, 2.45) is 0 Å². The topological polar surface area (TPSA) is 88.3 Å². The molecule has 140 valence electrons. The Hall–Kier alpha value is -3.74. The molecular weight excluding hydrogens is 356 g/mol. The first-order chi connectivity index (χ1) is 13.7. The number of nitrogens with zero attached hydrogens (tertiary/aromatic N) is 3. The fourth-order valence-corrected chi connectivity index (χ4v) is 3.37. The lowest BCUT2D eigenvalue weighted by Gasteiger charge is -2.29. The summed E-state index contributed by atoms with van der Waals surface area (Å²) in [5, 5.41) is 10.4. The summed E-state index contributed by atoms with van der Waals surface area (Å²) in [5.41, 5.74) is 3.64. The molecule has 2 heterocycles. The van der Waals surface area contributed by atoms with Gasteiger partial charge in [0.05, 0.1) is 0 Å². The Balaban J connectivity index is 1.57. The molecule has 0 atom stereocenters. The van der Waals surface area contributed by atoms with Gasteiger partial charge in [-0.3, -0.25) is 9.59 Å². The number of hydrogen-bond donors (Lipinski definition) is 1. The number of aromatic nitrogens is 2. The summed E-state index contributed by atoms with van der Waals surface area (Å²) in [7, 11) is 0. The van der Waals surface area contributed by atoms with Gasteiger partial charge in [0.15, 0.2) is 0 Å². The van der Waals surface area contributed by atoms with Crippen molar-refractivity contribution in [2.45, 2.75) is 12.8 Å². The summed E-state index contributed by atoms with van der Waals surface area (Å²) in [5.74, 6) is 0.0485. The number of benzene rings is 2. The van der Waals surface area contributed by atoms with E-state index in [1.807, 2.05) is 6.07 Å². The third-order valence-electron chi connectivity index (χ3n) is 4.69. The number of carbonyl (C=O) groups excluding carboxylic acids is 2. The molecule has 0 unspecified atom stereocenters. The lowest BCUT2D eigenvalue weighted by molar-refractivity contribution is -0.114. The zero-order valence-electron chi connectivity index (χ0n) is 15.1. The van der Waals surface area contributed by atoms with Crippen LogP contribution < -0.4 is 10.2 Å². The van der Waals surface area contributed by atoms with Crippen molar-refractivity contribution in [1.82, 2.24) is 10.2 Å². The van der Waals surface area contributed by atoms with Crippen molar-refractivity contribution >= 4 is 23.2 Å². The maximum atomic E-state index is 12.9. The normalized spacial score (nSPS) is 12.9. The maximum absolute atomic E-state index is 12.9. The van der Waals surface area contributed by atoms with Gasteiger partial charge >= 0.3 is 0 Å². The molecular formula is C21H18N4O3. The lowest BCUT2D eigenvalue weighted by Crippen LogP contribution is -2.35. The number of nitrogens with one attached hydrogen (secondary N) is 1. The van der Waals surface area contributed by atoms with E-state index in [9.17, 15) is 9.59 Å². The van der Waals surface area contributed by atoms with Gasteiger partial charge in [0, 0.05) is 29.0 Å². The van der Waals surface area contributed by atoms with Crippen molar-refractivity contribution in [2.75, 3.05) is 16.8 Å². The van der Waals surface area contributed by atoms with E-state index in [0.29, 0.717) is 23.7 Å². The van der Waals surface area contributed by atoms with Gasteiger partial charge < -0.3 is 14.6 Å². The zero-order valence-corrected chi connectivity index (χ0v) is 15.1. The number of carbonyl (C=O) groups is 2. The van der Waals surface area contributed by atoms with Gasteiger partial charge in [0.2, 0.25) is 18.2 Å². The fraction of sp³-hybridized carbons (Fsp3) is 0.143. The molecule has 28 heavy (non-hydrogen) atoms. The summed E-state index contributed by atoms with van der Waals surface area (Å²) in [6, 6.07) is 12.6. The first-order valence-corrected chi connectivity index (χ1v) is 8.91. The number of rotatable bonds is 4. The summed E-state index contributed by atoms with van der Waals surface area (Å²) in [4.78, 5) is 26.7. The van der Waals surface area contributed by atoms with Gasteiger partial charge in [0.1, 0.15) is 0 Å². The predicted octanol–water partition coefficient (Wildman–Crippen LogP) is 3.45. The quantitative estimate of drug-likeness (QED) is 0.707. The maximum Gasteiger partial charge on any atom is 0.256 e. The van der Waals surface area contributed by atoms with E-state index in [0.717, 1.165) is 29.7 Å². The van der Waals surface area contributed by atoms with Gasteiger partial charge in [0.25, 0.3) is 5.91 Å². The van der Waals surface area contributed by atoms with E-state index in [1.165, 1.54) is 12.5 Å². The molecule has 4 rings (SSSR count). The van der Waals surface area contributed by atoms with Crippen molar-refractivity contribution in [3.63, 3.8) is 0 Å². The van der Waals surface area contributed by atoms with Crippen LogP contribution in [-0.2, 0) is 11.2 Å². The van der Waals surface area contributed by atoms with Crippen molar-refractivity contribution < 1.29 is 14.0 Å². The van der Waals surface area contributed by atoms with Crippen molar-refractivity contribution in [3.8, 4) is 11.5 Å². The Labute approximate surface area is 161 Å². The highest BCUT2D eigenvalue weighted by molar-refractivity contribution is 6.08. The van der Waals surface area contributed by atoms with Crippen LogP contribution in [-0.4, -0.2) is 28.6 Å². The SMILES string of the molecule is C=CC(=O)N1CCCc2c(C(=O)Nc3ccc(-c4nnco4)cc3)cccc21. The smallest absolute Gasteiger partial charge is 0.256 e. The van der Waals surface area contributed by atoms with Gasteiger partial charge in [-0.25, -0.2) is 0 Å². The van der Waals surface area contributed by atoms with Gasteiger partial charge in [-0.1, -0.05) is 12.6 Å². The molecule has 1 N–H and O–H groups in total. The zero-order chi connectivity index (χ0) is 19.5. The predicted molar refractivity (Wildman–Crippen MR) is 105 cm³/mol. The molecule has 1 aliphatic heterocycles. The van der Waals surface area contributed by atoms with Crippen LogP contribution in [0.3, 0.4) is 0 Å². The van der Waals surface area contributed by atoms with Gasteiger partial charge in [-0.05, 0) is 60.9 Å². The van der Waals surface area contributed by atoms with Crippen LogP contribution in [0.15, 0.2) is 65.9 Å². The van der Waals surface area contributed by atoms with Crippen LogP contribution in [0.5, 0.6) is 0 Å². The molecule has 7 heteroatoms. The highest BCUT2D eigenvalue weighted by Crippen LogP contribution is 2.30. The van der Waals surface area contributed by atoms with E-state index in [2.05, 4.69) is 22.1 Å². The van der Waals surface area contributed by atoms with Crippen LogP contribution in [0, 0.1) is 0 Å². The molecule has 3 aromatic rings. The minimum Gasteiger partial charge on any atom is -0.423 e. The lowest BCUT2D eigenvalue weighted by atomic mass is 9.95. The molecule has 0 spiro atoms. The van der Waals surface area contributed by atoms with E-state index in [1.54, 1.807) is 41.3 Å². The first kappa shape index (κ1) is 17.7. The molecule has 0 fully saturated rings. The summed E-state index contributed by atoms with van der Waals surface area (Å²) in [6.45, 7) is 4.19. The summed E-state index contributed by atoms with van der Waals surface area (Å²) < 4.78 is 5.16. The Morgan fingerprint density at radius 2 is 2.00 bits per heavy atom. The Morgan fingerprint density at radius 1 is 1.18 bits per heavy atom. The van der Waals surface area contributed by atoms with Crippen LogP contribution in [0.4, 0.5) is 11.4 Å². The van der Waals surface area contributed by atoms with Gasteiger partial charge in [-0.15, -0.1) is 10.2 Å². The Bertz CT molecular complexity index is 1030. The minimum atomic E-state index is -0.213. The first-order valence-electron chi connectivity index (χ1n) is 8.91. The molecule has 1 aromatic heterocycles. The van der Waals surface area contributed by atoms with E-state index >= 15 is 0 Å². The van der Waals surface area contributed by atoms with Crippen molar-refractivity contribution in [1.29, 1.82) is 0 Å². The molecule has 7 nitrogen and oxygen atoms in total. The van der Waals surface area contributed by atoms with Crippen molar-refractivity contribution in [3.05, 3.63) is 72.6 Å². The summed E-state index contributed by atoms with van der Waals surface area (Å²) >= 11 is 0. The molecule has 0 saturated heterocycles. The van der Waals surface area contributed by atoms with Crippen LogP contribution in [0.2, 0.25) is 0 Å². The number of hydrogen-bond acceptors (Lipinski definition) is 5. The van der Waals surface area contributed by atoms with Gasteiger partial charge in [-0.2, -0.15) is 0 Å². The average molecular weight is 374 g/mol. The molecule has 1 aliphatic rings. The molecule has 2 aromatic carbocycles. The third-order valence-corrected chi connectivity index (χ3v) is 4.69. The number of anilines is 2. The van der Waals surface area contributed by atoms with Crippen LogP contribution in [0.1, 0.15) is 22.3 Å². The second kappa shape index (κ2) is 7.48. The number of fused-ring (bicyclic) bond motifs is 1. The highest BCUT2D eigenvalue weighted by atomic mass is 16.4. The van der Waals surface area contributed by atoms with E-state index in [-0.39, 0.29) is 11.8 Å². The monoisotopic (exact) mass is 374 g/mol. The highest BCUT2D eigenvalue weighted by Gasteiger charge is 2.24. The second-order valence-corrected chi connectivity index (χ2v) is 6.38. The fourth-order valence-electron chi connectivity index (χ4n) is 3.37. The van der Waals surface area contributed by atoms with E-state index in [4.69, 9.17) is 4.42 Å². The second-order valence-electron chi connectivity index (χ2n) is 6.38. The standard InChI is InChI=1S/C21H18N4O3/c1-2-19(26)25-12-4-6-16-17(5-3-7-18(16)25)20(27)23-15-10-8-14(9-11-15)21-24-22-13-28-21/h2-3,5,7-11,13H,1,4,6,12H2,(H,23,27). The molecule has 0 aliphatic carbocycles. The number of amides is 2. The molecule has 0 radical (unpaired) electrons. The molecule has 0 saturated carbocycles. The third kappa shape index (κ3) is 3.29. The van der Waals surface area contributed by atoms with Crippen LogP contribution in [0.25, 0.3) is 11.5 Å². The average Bonchev–Trinajstić information content (AvgIpc) is 3.27. The molecule has 2 amide bonds. The van der Waals surface area contributed by atoms with Crippen LogP contribution >= 0.6 is 0 Å². The van der Waals surface area contributed by atoms with E-state index < -0.39 is 0 Å². The largest absolute Gasteiger partial charge is 0.423 e. The Kier molecular flexibility index (Phi) is 4.72.